The second kappa shape index (κ2) is 9.45. The molecule has 4 heterocycles. The summed E-state index contributed by atoms with van der Waals surface area (Å²) >= 11 is 1.32. The molecule has 6 aromatic rings. The van der Waals surface area contributed by atoms with Crippen molar-refractivity contribution >= 4 is 44.8 Å². The topological polar surface area (TPSA) is 101 Å². The molecular weight excluding hydrogens is 510 g/mol. The highest BCUT2D eigenvalue weighted by Gasteiger charge is 2.40. The van der Waals surface area contributed by atoms with Crippen LogP contribution in [0.1, 0.15) is 26.3 Å². The number of hydrogen-bond acceptors (Lipinski definition) is 7. The van der Waals surface area contributed by atoms with Gasteiger partial charge in [0.2, 0.25) is 0 Å². The Hall–Kier alpha value is -4.89. The molecular formula is C30H21N5O3S. The molecule has 0 spiro atoms. The number of fused-ring (bicyclic) bond motifs is 3. The monoisotopic (exact) mass is 531 g/mol. The summed E-state index contributed by atoms with van der Waals surface area (Å²) in [7, 11) is 0. The number of para-hydroxylation sites is 1. The maximum absolute atomic E-state index is 13.4. The third kappa shape index (κ3) is 4.13. The molecule has 0 fully saturated rings. The van der Waals surface area contributed by atoms with E-state index in [2.05, 4.69) is 20.2 Å². The summed E-state index contributed by atoms with van der Waals surface area (Å²) in [5.74, 6) is -0.625. The lowest BCUT2D eigenvalue weighted by atomic mass is 10.0. The molecule has 190 valence electrons. The van der Waals surface area contributed by atoms with Crippen LogP contribution in [0.25, 0.3) is 32.2 Å². The highest BCUT2D eigenvalue weighted by atomic mass is 32.1. The van der Waals surface area contributed by atoms with Crippen molar-refractivity contribution in [2.45, 2.75) is 12.5 Å². The number of pyridine rings is 1. The first-order valence-electron chi connectivity index (χ1n) is 12.5. The number of H-pyrrole nitrogens is 1. The zero-order valence-corrected chi connectivity index (χ0v) is 21.4. The lowest BCUT2D eigenvalue weighted by molar-refractivity contribution is 0.0531. The van der Waals surface area contributed by atoms with E-state index in [0.29, 0.717) is 22.7 Å². The van der Waals surface area contributed by atoms with E-state index in [1.807, 2.05) is 60.9 Å². The van der Waals surface area contributed by atoms with Crippen molar-refractivity contribution in [2.24, 2.45) is 0 Å². The summed E-state index contributed by atoms with van der Waals surface area (Å²) in [6, 6.07) is 22.3. The number of nitrogens with zero attached hydrogens (tertiary/aromatic N) is 4. The number of rotatable bonds is 7. The first kappa shape index (κ1) is 23.2. The number of imide groups is 1. The van der Waals surface area contributed by atoms with Gasteiger partial charge in [-0.05, 0) is 47.7 Å². The summed E-state index contributed by atoms with van der Waals surface area (Å²) in [5.41, 5.74) is 3.75. The summed E-state index contributed by atoms with van der Waals surface area (Å²) < 4.78 is 6.11. The number of aromatic nitrogens is 4. The van der Waals surface area contributed by atoms with E-state index in [1.165, 1.54) is 16.2 Å². The van der Waals surface area contributed by atoms with Crippen LogP contribution in [0.2, 0.25) is 0 Å². The van der Waals surface area contributed by atoms with Crippen molar-refractivity contribution in [3.8, 4) is 15.8 Å². The summed E-state index contributed by atoms with van der Waals surface area (Å²) in [5, 5.41) is 12.8. The molecule has 2 amide bonds. The van der Waals surface area contributed by atoms with Gasteiger partial charge < -0.3 is 9.72 Å². The van der Waals surface area contributed by atoms with E-state index in [4.69, 9.17) is 4.74 Å². The van der Waals surface area contributed by atoms with Crippen LogP contribution >= 0.6 is 11.3 Å². The minimum Gasteiger partial charge on any atom is -0.467 e. The number of ether oxygens (including phenoxy) is 1. The summed E-state index contributed by atoms with van der Waals surface area (Å²) in [6.07, 6.45) is 5.93. The van der Waals surface area contributed by atoms with Gasteiger partial charge in [-0.2, -0.15) is 0 Å². The molecule has 0 bridgehead atoms. The van der Waals surface area contributed by atoms with Crippen molar-refractivity contribution in [3.05, 3.63) is 108 Å². The molecule has 0 saturated carbocycles. The molecule has 0 unspecified atom stereocenters. The number of carbonyl (C=O) groups is 2. The van der Waals surface area contributed by atoms with E-state index < -0.39 is 6.04 Å². The van der Waals surface area contributed by atoms with Gasteiger partial charge >= 0.3 is 0 Å². The fourth-order valence-corrected chi connectivity index (χ4v) is 5.79. The second-order valence-electron chi connectivity index (χ2n) is 9.37. The van der Waals surface area contributed by atoms with Gasteiger partial charge in [0, 0.05) is 40.4 Å². The standard InChI is InChI=1S/C30H21N5O3S/c36-28-24-6-1-2-7-25(24)29(37)35(28)22(14-21-16-32-26-8-4-3-5-23(21)26)17-38-30-34-33-27(39-30)19-9-10-20-15-31-12-11-18(20)13-19/h1-13,15-16,22,32H,14,17H2/t22-/m0/s1. The van der Waals surface area contributed by atoms with Crippen molar-refractivity contribution in [3.63, 3.8) is 0 Å². The lowest BCUT2D eigenvalue weighted by Crippen LogP contribution is -2.44. The average molecular weight is 532 g/mol. The third-order valence-electron chi connectivity index (χ3n) is 7.01. The lowest BCUT2D eigenvalue weighted by Gasteiger charge is -2.25. The van der Waals surface area contributed by atoms with Gasteiger partial charge in [-0.25, -0.2) is 0 Å². The molecule has 39 heavy (non-hydrogen) atoms. The minimum atomic E-state index is -0.544. The molecule has 8 nitrogen and oxygen atoms in total. The number of hydrogen-bond donors (Lipinski definition) is 1. The van der Waals surface area contributed by atoms with E-state index in [9.17, 15) is 9.59 Å². The van der Waals surface area contributed by atoms with Gasteiger partial charge in [0.1, 0.15) is 6.61 Å². The molecule has 0 saturated heterocycles. The van der Waals surface area contributed by atoms with Crippen LogP contribution < -0.4 is 4.74 Å². The van der Waals surface area contributed by atoms with Crippen LogP contribution in [0.4, 0.5) is 0 Å². The van der Waals surface area contributed by atoms with E-state index in [1.54, 1.807) is 30.5 Å². The Morgan fingerprint density at radius 3 is 2.54 bits per heavy atom. The number of nitrogens with one attached hydrogen (secondary N) is 1. The Morgan fingerprint density at radius 2 is 1.69 bits per heavy atom. The van der Waals surface area contributed by atoms with Crippen LogP contribution in [0.5, 0.6) is 5.19 Å². The SMILES string of the molecule is O=C1c2ccccc2C(=O)N1[C@H](COc1nnc(-c2ccc3cnccc3c2)s1)Cc1c[nH]c2ccccc12. The molecule has 3 aromatic carbocycles. The molecule has 1 aliphatic rings. The maximum atomic E-state index is 13.4. The van der Waals surface area contributed by atoms with Gasteiger partial charge in [-0.1, -0.05) is 58.9 Å². The van der Waals surface area contributed by atoms with Gasteiger partial charge in [-0.3, -0.25) is 19.5 Å². The molecule has 7 rings (SSSR count). The van der Waals surface area contributed by atoms with E-state index in [-0.39, 0.29) is 18.4 Å². The Balaban J connectivity index is 1.17. The van der Waals surface area contributed by atoms with Crippen molar-refractivity contribution in [2.75, 3.05) is 6.61 Å². The largest absolute Gasteiger partial charge is 0.467 e. The van der Waals surface area contributed by atoms with Gasteiger partial charge in [0.15, 0.2) is 5.01 Å². The smallest absolute Gasteiger partial charge is 0.294 e. The molecule has 1 atom stereocenters. The highest BCUT2D eigenvalue weighted by Crippen LogP contribution is 2.32. The van der Waals surface area contributed by atoms with Gasteiger partial charge in [0.05, 0.1) is 17.2 Å². The summed E-state index contributed by atoms with van der Waals surface area (Å²) in [6.45, 7) is 0.0863. The van der Waals surface area contributed by atoms with E-state index in [0.717, 1.165) is 37.8 Å². The normalized spacial score (nSPS) is 13.8. The highest BCUT2D eigenvalue weighted by molar-refractivity contribution is 7.16. The maximum Gasteiger partial charge on any atom is 0.294 e. The molecule has 1 aliphatic heterocycles. The van der Waals surface area contributed by atoms with Crippen LogP contribution in [0, 0.1) is 0 Å². The zero-order valence-electron chi connectivity index (χ0n) is 20.6. The van der Waals surface area contributed by atoms with Gasteiger partial charge in [0.25, 0.3) is 17.0 Å². The fraction of sp³-hybridized carbons (Fsp3) is 0.100. The first-order chi connectivity index (χ1) is 19.2. The average Bonchev–Trinajstić information content (AvgIpc) is 3.68. The third-order valence-corrected chi connectivity index (χ3v) is 7.90. The molecule has 0 aliphatic carbocycles. The summed E-state index contributed by atoms with van der Waals surface area (Å²) in [4.78, 5) is 35.5. The van der Waals surface area contributed by atoms with Crippen molar-refractivity contribution in [1.82, 2.24) is 25.1 Å². The second-order valence-corrected chi connectivity index (χ2v) is 10.3. The van der Waals surface area contributed by atoms with Crippen molar-refractivity contribution in [1.29, 1.82) is 0 Å². The van der Waals surface area contributed by atoms with Crippen LogP contribution in [0.3, 0.4) is 0 Å². The van der Waals surface area contributed by atoms with Crippen molar-refractivity contribution < 1.29 is 14.3 Å². The Morgan fingerprint density at radius 1 is 0.897 bits per heavy atom. The zero-order chi connectivity index (χ0) is 26.3. The number of aromatic amines is 1. The quantitative estimate of drug-likeness (QED) is 0.272. The molecule has 1 N–H and O–H groups in total. The Labute approximate surface area is 226 Å². The van der Waals surface area contributed by atoms with Crippen LogP contribution in [-0.4, -0.2) is 49.5 Å². The first-order valence-corrected chi connectivity index (χ1v) is 13.3. The molecule has 9 heteroatoms. The predicted molar refractivity (Wildman–Crippen MR) is 149 cm³/mol. The van der Waals surface area contributed by atoms with Gasteiger partial charge in [-0.15, -0.1) is 5.10 Å². The number of carbonyl (C=O) groups excluding carboxylic acids is 2. The fourth-order valence-electron chi connectivity index (χ4n) is 5.09. The predicted octanol–water partition coefficient (Wildman–Crippen LogP) is 5.52. The van der Waals surface area contributed by atoms with Crippen LogP contribution in [-0.2, 0) is 6.42 Å². The Kier molecular flexibility index (Phi) is 5.63. The molecule has 0 radical (unpaired) electrons. The van der Waals surface area contributed by atoms with Crippen LogP contribution in [0.15, 0.2) is 91.4 Å². The number of benzene rings is 3. The number of amides is 2. The minimum absolute atomic E-state index is 0.0863. The Bertz CT molecular complexity index is 1840. The van der Waals surface area contributed by atoms with E-state index >= 15 is 0 Å². The molecule has 3 aromatic heterocycles.